The van der Waals surface area contributed by atoms with Crippen molar-refractivity contribution in [2.24, 2.45) is 0 Å². The molecule has 120 valence electrons. The van der Waals surface area contributed by atoms with Crippen molar-refractivity contribution < 1.29 is 13.2 Å². The van der Waals surface area contributed by atoms with Crippen LogP contribution in [0.2, 0.25) is 0 Å². The maximum Gasteiger partial charge on any atom is 0.148 e. The van der Waals surface area contributed by atoms with E-state index in [4.69, 9.17) is 4.74 Å². The highest BCUT2D eigenvalue weighted by Gasteiger charge is 2.16. The molecule has 1 aromatic rings. The van der Waals surface area contributed by atoms with Gasteiger partial charge in [0.1, 0.15) is 15.6 Å². The Bertz CT molecular complexity index is 544. The first-order valence-electron chi connectivity index (χ1n) is 7.09. The van der Waals surface area contributed by atoms with Crippen LogP contribution in [-0.4, -0.2) is 39.8 Å². The zero-order chi connectivity index (χ0) is 15.9. The molecular formula is C15H25NO3S2. The molecule has 4 nitrogen and oxygen atoms in total. The van der Waals surface area contributed by atoms with E-state index in [1.165, 1.54) is 6.26 Å². The minimum atomic E-state index is -2.92. The zero-order valence-electron chi connectivity index (χ0n) is 13.2. The van der Waals surface area contributed by atoms with Gasteiger partial charge in [-0.3, -0.25) is 0 Å². The van der Waals surface area contributed by atoms with Crippen LogP contribution in [0, 0.1) is 0 Å². The smallest absolute Gasteiger partial charge is 0.148 e. The van der Waals surface area contributed by atoms with E-state index in [2.05, 4.69) is 19.2 Å². The normalized spacial score (nSPS) is 13.1. The molecule has 1 rings (SSSR count). The second kappa shape index (κ2) is 8.66. The average molecular weight is 332 g/mol. The van der Waals surface area contributed by atoms with E-state index in [-0.39, 0.29) is 11.8 Å². The number of rotatable bonds is 9. The molecule has 1 unspecified atom stereocenters. The van der Waals surface area contributed by atoms with Crippen molar-refractivity contribution in [1.29, 1.82) is 0 Å². The molecule has 0 aliphatic rings. The van der Waals surface area contributed by atoms with Gasteiger partial charge in [-0.05, 0) is 32.0 Å². The van der Waals surface area contributed by atoms with Crippen molar-refractivity contribution in [3.05, 3.63) is 23.8 Å². The zero-order valence-corrected chi connectivity index (χ0v) is 14.8. The maximum absolute atomic E-state index is 11.3. The van der Waals surface area contributed by atoms with E-state index in [0.717, 1.165) is 29.2 Å². The quantitative estimate of drug-likeness (QED) is 0.705. The van der Waals surface area contributed by atoms with Gasteiger partial charge in [0.25, 0.3) is 0 Å². The summed E-state index contributed by atoms with van der Waals surface area (Å²) in [4.78, 5) is 1.08. The lowest BCUT2D eigenvalue weighted by Crippen LogP contribution is -2.20. The van der Waals surface area contributed by atoms with Crippen LogP contribution in [0.25, 0.3) is 0 Å². The lowest BCUT2D eigenvalue weighted by molar-refractivity contribution is 0.399. The van der Waals surface area contributed by atoms with Crippen LogP contribution in [0.4, 0.5) is 0 Å². The predicted molar refractivity (Wildman–Crippen MR) is 90.1 cm³/mol. The third kappa shape index (κ3) is 6.28. The average Bonchev–Trinajstić information content (AvgIpc) is 2.43. The van der Waals surface area contributed by atoms with Gasteiger partial charge in [-0.15, -0.1) is 11.8 Å². The number of sulfone groups is 1. The summed E-state index contributed by atoms with van der Waals surface area (Å²) in [6.07, 6.45) is 2.33. The third-order valence-corrected chi connectivity index (χ3v) is 5.37. The lowest BCUT2D eigenvalue weighted by atomic mass is 10.1. The topological polar surface area (TPSA) is 55.4 Å². The summed E-state index contributed by atoms with van der Waals surface area (Å²) in [5, 5.41) is 3.46. The SMILES string of the molecule is CCCNC(C)c1c(OC)cccc1SCCS(C)(=O)=O. The second-order valence-electron chi connectivity index (χ2n) is 5.03. The van der Waals surface area contributed by atoms with Crippen LogP contribution in [0.1, 0.15) is 31.9 Å². The molecule has 0 saturated heterocycles. The van der Waals surface area contributed by atoms with Crippen LogP contribution in [-0.2, 0) is 9.84 Å². The molecule has 21 heavy (non-hydrogen) atoms. The standard InChI is InChI=1S/C15H25NO3S2/c1-5-9-16-12(2)15-13(19-3)7-6-8-14(15)20-10-11-21(4,17)18/h6-8,12,16H,5,9-11H2,1-4H3. The van der Waals surface area contributed by atoms with E-state index in [9.17, 15) is 8.42 Å². The first-order valence-corrected chi connectivity index (χ1v) is 10.1. The van der Waals surface area contributed by atoms with Crippen LogP contribution in [0.5, 0.6) is 5.75 Å². The van der Waals surface area contributed by atoms with Gasteiger partial charge in [0.2, 0.25) is 0 Å². The Morgan fingerprint density at radius 2 is 2.10 bits per heavy atom. The van der Waals surface area contributed by atoms with Gasteiger partial charge in [0.05, 0.1) is 12.9 Å². The van der Waals surface area contributed by atoms with E-state index >= 15 is 0 Å². The van der Waals surface area contributed by atoms with Gasteiger partial charge >= 0.3 is 0 Å². The molecule has 1 N–H and O–H groups in total. The summed E-state index contributed by atoms with van der Waals surface area (Å²) in [6.45, 7) is 5.17. The van der Waals surface area contributed by atoms with Gasteiger partial charge in [-0.2, -0.15) is 0 Å². The minimum absolute atomic E-state index is 0.168. The molecule has 6 heteroatoms. The van der Waals surface area contributed by atoms with Gasteiger partial charge in [-0.1, -0.05) is 13.0 Å². The molecule has 0 heterocycles. The Kier molecular flexibility index (Phi) is 7.56. The molecule has 0 aromatic heterocycles. The van der Waals surface area contributed by atoms with Gasteiger partial charge in [0, 0.05) is 28.5 Å². The fraction of sp³-hybridized carbons (Fsp3) is 0.600. The van der Waals surface area contributed by atoms with Gasteiger partial charge in [-0.25, -0.2) is 8.42 Å². The van der Waals surface area contributed by atoms with E-state index in [1.807, 2.05) is 18.2 Å². The molecule has 0 fully saturated rings. The predicted octanol–water partition coefficient (Wildman–Crippen LogP) is 2.89. The molecule has 1 aromatic carbocycles. The number of thioether (sulfide) groups is 1. The van der Waals surface area contributed by atoms with Crippen LogP contribution in [0.3, 0.4) is 0 Å². The maximum atomic E-state index is 11.3. The van der Waals surface area contributed by atoms with Crippen LogP contribution < -0.4 is 10.1 Å². The molecule has 0 radical (unpaired) electrons. The molecule has 0 saturated carbocycles. The Morgan fingerprint density at radius 3 is 2.67 bits per heavy atom. The van der Waals surface area contributed by atoms with Crippen molar-refractivity contribution in [2.75, 3.05) is 31.4 Å². The number of hydrogen-bond donors (Lipinski definition) is 1. The molecular weight excluding hydrogens is 306 g/mol. The van der Waals surface area contributed by atoms with E-state index in [1.54, 1.807) is 18.9 Å². The van der Waals surface area contributed by atoms with Crippen molar-refractivity contribution in [3.8, 4) is 5.75 Å². The Labute approximate surface area is 132 Å². The minimum Gasteiger partial charge on any atom is -0.496 e. The van der Waals surface area contributed by atoms with E-state index < -0.39 is 9.84 Å². The first kappa shape index (κ1) is 18.3. The fourth-order valence-corrected chi connectivity index (χ4v) is 4.39. The molecule has 0 amide bonds. The summed E-state index contributed by atoms with van der Waals surface area (Å²) in [5.41, 5.74) is 1.10. The molecule has 0 spiro atoms. The largest absolute Gasteiger partial charge is 0.496 e. The Hall–Kier alpha value is -0.720. The Balaban J connectivity index is 2.91. The lowest BCUT2D eigenvalue weighted by Gasteiger charge is -2.20. The molecule has 0 aliphatic carbocycles. The highest BCUT2D eigenvalue weighted by atomic mass is 32.2. The van der Waals surface area contributed by atoms with Crippen LogP contribution >= 0.6 is 11.8 Å². The van der Waals surface area contributed by atoms with E-state index in [0.29, 0.717) is 5.75 Å². The number of ether oxygens (including phenoxy) is 1. The second-order valence-corrected chi connectivity index (χ2v) is 8.42. The third-order valence-electron chi connectivity index (χ3n) is 3.09. The summed E-state index contributed by atoms with van der Waals surface area (Å²) in [7, 11) is -1.26. The monoisotopic (exact) mass is 331 g/mol. The summed E-state index contributed by atoms with van der Waals surface area (Å²) < 4.78 is 28.0. The van der Waals surface area contributed by atoms with Crippen molar-refractivity contribution >= 4 is 21.6 Å². The number of methoxy groups -OCH3 is 1. The first-order chi connectivity index (χ1) is 9.89. The van der Waals surface area contributed by atoms with Crippen molar-refractivity contribution in [1.82, 2.24) is 5.32 Å². The summed E-state index contributed by atoms with van der Waals surface area (Å²) in [5.74, 6) is 1.58. The molecule has 1 atom stereocenters. The van der Waals surface area contributed by atoms with Crippen molar-refractivity contribution in [3.63, 3.8) is 0 Å². The molecule has 0 bridgehead atoms. The van der Waals surface area contributed by atoms with Gasteiger partial charge < -0.3 is 10.1 Å². The number of hydrogen-bond acceptors (Lipinski definition) is 5. The molecule has 0 aliphatic heterocycles. The summed E-state index contributed by atoms with van der Waals surface area (Å²) >= 11 is 1.57. The Morgan fingerprint density at radius 1 is 1.38 bits per heavy atom. The summed E-state index contributed by atoms with van der Waals surface area (Å²) in [6, 6.07) is 6.08. The fourth-order valence-electron chi connectivity index (χ4n) is 2.02. The van der Waals surface area contributed by atoms with Crippen LogP contribution in [0.15, 0.2) is 23.1 Å². The van der Waals surface area contributed by atoms with Gasteiger partial charge in [0.15, 0.2) is 0 Å². The number of benzene rings is 1. The van der Waals surface area contributed by atoms with Crippen molar-refractivity contribution in [2.45, 2.75) is 31.2 Å². The number of nitrogens with one attached hydrogen (secondary N) is 1. The highest BCUT2D eigenvalue weighted by Crippen LogP contribution is 2.34. The highest BCUT2D eigenvalue weighted by molar-refractivity contribution is 8.00.